The van der Waals surface area contributed by atoms with Crippen molar-refractivity contribution in [1.82, 2.24) is 4.98 Å². The van der Waals surface area contributed by atoms with E-state index in [4.69, 9.17) is 4.74 Å². The summed E-state index contributed by atoms with van der Waals surface area (Å²) < 4.78 is 5.51. The number of non-ortho nitro benzene ring substituents is 1. The van der Waals surface area contributed by atoms with E-state index in [9.17, 15) is 14.9 Å². The number of hydrogen-bond acceptors (Lipinski definition) is 6. The molecule has 0 fully saturated rings. The Morgan fingerprint density at radius 2 is 2.16 bits per heavy atom. The summed E-state index contributed by atoms with van der Waals surface area (Å²) in [4.78, 5) is 26.8. The molecular weight excluding hydrogens is 342 g/mol. The van der Waals surface area contributed by atoms with Crippen molar-refractivity contribution in [3.05, 3.63) is 39.8 Å². The van der Waals surface area contributed by atoms with E-state index in [-0.39, 0.29) is 11.6 Å². The fourth-order valence-electron chi connectivity index (χ4n) is 2.01. The van der Waals surface area contributed by atoms with Gasteiger partial charge in [-0.1, -0.05) is 26.0 Å². The van der Waals surface area contributed by atoms with Crippen LogP contribution in [0.1, 0.15) is 27.2 Å². The summed E-state index contributed by atoms with van der Waals surface area (Å²) in [5.41, 5.74) is 1.22. The molecule has 2 rings (SSSR count). The molecule has 7 nitrogen and oxygen atoms in total. The zero-order valence-corrected chi connectivity index (χ0v) is 15.2. The number of anilines is 1. The molecule has 0 saturated heterocycles. The standard InChI is InChI=1S/C17H21N3O4S/c1-11(2)7-8-24-12(3)16(21)19-17-18-15(10-25-17)13-5-4-6-14(9-13)20(22)23/h4-6,9-12H,7-8H2,1-3H3,(H,18,19,21). The predicted octanol–water partition coefficient (Wildman–Crippen LogP) is 4.11. The van der Waals surface area contributed by atoms with Gasteiger partial charge in [-0.2, -0.15) is 0 Å². The molecule has 1 aromatic heterocycles. The average molecular weight is 363 g/mol. The van der Waals surface area contributed by atoms with E-state index in [1.54, 1.807) is 24.4 Å². The van der Waals surface area contributed by atoms with Gasteiger partial charge in [0.05, 0.1) is 10.6 Å². The zero-order chi connectivity index (χ0) is 18.4. The largest absolute Gasteiger partial charge is 0.369 e. The first kappa shape index (κ1) is 19.0. The number of aromatic nitrogens is 1. The number of nitro groups is 1. The van der Waals surface area contributed by atoms with E-state index in [0.717, 1.165) is 6.42 Å². The van der Waals surface area contributed by atoms with E-state index in [1.165, 1.54) is 23.5 Å². The molecule has 134 valence electrons. The SMILES string of the molecule is CC(C)CCOC(C)C(=O)Nc1nc(-c2cccc([N+](=O)[O-])c2)cs1. The minimum Gasteiger partial charge on any atom is -0.369 e. The molecule has 1 heterocycles. The highest BCUT2D eigenvalue weighted by Crippen LogP contribution is 2.27. The number of carbonyl (C=O) groups excluding carboxylic acids is 1. The van der Waals surface area contributed by atoms with E-state index >= 15 is 0 Å². The van der Waals surface area contributed by atoms with Crippen molar-refractivity contribution in [3.8, 4) is 11.3 Å². The third-order valence-electron chi connectivity index (χ3n) is 3.52. The number of benzene rings is 1. The van der Waals surface area contributed by atoms with Crippen LogP contribution in [0.2, 0.25) is 0 Å². The number of ether oxygens (including phenoxy) is 1. The highest BCUT2D eigenvalue weighted by atomic mass is 32.1. The molecule has 0 radical (unpaired) electrons. The average Bonchev–Trinajstić information content (AvgIpc) is 3.03. The Kier molecular flexibility index (Phi) is 6.60. The first-order valence-corrected chi connectivity index (χ1v) is 8.87. The minimum absolute atomic E-state index is 0.00302. The molecule has 1 unspecified atom stereocenters. The Morgan fingerprint density at radius 3 is 2.84 bits per heavy atom. The highest BCUT2D eigenvalue weighted by molar-refractivity contribution is 7.14. The van der Waals surface area contributed by atoms with Crippen molar-refractivity contribution >= 4 is 28.1 Å². The topological polar surface area (TPSA) is 94.4 Å². The van der Waals surface area contributed by atoms with Crippen molar-refractivity contribution in [3.63, 3.8) is 0 Å². The van der Waals surface area contributed by atoms with Crippen LogP contribution in [-0.2, 0) is 9.53 Å². The molecule has 8 heteroatoms. The molecule has 0 aliphatic rings. The molecule has 0 aliphatic carbocycles. The third kappa shape index (κ3) is 5.61. The number of nitro benzene ring substituents is 1. The molecule has 25 heavy (non-hydrogen) atoms. The lowest BCUT2D eigenvalue weighted by Crippen LogP contribution is -2.28. The number of carbonyl (C=O) groups is 1. The molecule has 0 bridgehead atoms. The summed E-state index contributed by atoms with van der Waals surface area (Å²) in [5.74, 6) is 0.260. The maximum absolute atomic E-state index is 12.1. The lowest BCUT2D eigenvalue weighted by Gasteiger charge is -2.13. The zero-order valence-electron chi connectivity index (χ0n) is 14.4. The van der Waals surface area contributed by atoms with Crippen molar-refractivity contribution in [2.24, 2.45) is 5.92 Å². The Labute approximate surface area is 150 Å². The fraction of sp³-hybridized carbons (Fsp3) is 0.412. The van der Waals surface area contributed by atoms with Crippen molar-refractivity contribution in [2.75, 3.05) is 11.9 Å². The van der Waals surface area contributed by atoms with Crippen molar-refractivity contribution in [1.29, 1.82) is 0 Å². The summed E-state index contributed by atoms with van der Waals surface area (Å²) in [7, 11) is 0. The van der Waals surface area contributed by atoms with Crippen LogP contribution in [0.5, 0.6) is 0 Å². The second-order valence-corrected chi connectivity index (χ2v) is 6.89. The van der Waals surface area contributed by atoms with Gasteiger partial charge in [0.25, 0.3) is 11.6 Å². The Bertz CT molecular complexity index is 745. The van der Waals surface area contributed by atoms with Gasteiger partial charge in [-0.15, -0.1) is 11.3 Å². The third-order valence-corrected chi connectivity index (χ3v) is 4.28. The van der Waals surface area contributed by atoms with Gasteiger partial charge in [0.2, 0.25) is 0 Å². The number of nitrogens with one attached hydrogen (secondary N) is 1. The first-order chi connectivity index (χ1) is 11.9. The van der Waals surface area contributed by atoms with Gasteiger partial charge in [-0.25, -0.2) is 4.98 Å². The van der Waals surface area contributed by atoms with Gasteiger partial charge in [0.15, 0.2) is 5.13 Å². The lowest BCUT2D eigenvalue weighted by atomic mass is 10.1. The summed E-state index contributed by atoms with van der Waals surface area (Å²) in [6, 6.07) is 6.23. The van der Waals surface area contributed by atoms with Gasteiger partial charge < -0.3 is 4.74 Å². The molecule has 1 N–H and O–H groups in total. The number of hydrogen-bond donors (Lipinski definition) is 1. The minimum atomic E-state index is -0.566. The molecule has 1 amide bonds. The van der Waals surface area contributed by atoms with Crippen LogP contribution in [-0.4, -0.2) is 28.5 Å². The molecule has 1 atom stereocenters. The summed E-state index contributed by atoms with van der Waals surface area (Å²) in [6.07, 6.45) is 0.329. The van der Waals surface area contributed by atoms with Crippen molar-refractivity contribution < 1.29 is 14.5 Å². The Morgan fingerprint density at radius 1 is 1.40 bits per heavy atom. The second-order valence-electron chi connectivity index (χ2n) is 6.03. The number of nitrogens with zero attached hydrogens (tertiary/aromatic N) is 2. The van der Waals surface area contributed by atoms with E-state index in [1.807, 2.05) is 0 Å². The van der Waals surface area contributed by atoms with E-state index in [2.05, 4.69) is 24.1 Å². The van der Waals surface area contributed by atoms with Crippen molar-refractivity contribution in [2.45, 2.75) is 33.3 Å². The smallest absolute Gasteiger partial charge is 0.270 e. The van der Waals surface area contributed by atoms with Crippen LogP contribution < -0.4 is 5.32 Å². The maximum atomic E-state index is 12.1. The van der Waals surface area contributed by atoms with Gasteiger partial charge in [-0.05, 0) is 19.3 Å². The van der Waals surface area contributed by atoms with Gasteiger partial charge in [0.1, 0.15) is 6.10 Å². The summed E-state index contributed by atoms with van der Waals surface area (Å²) >= 11 is 1.26. The van der Waals surface area contributed by atoms with Crippen LogP contribution in [0, 0.1) is 16.0 Å². The highest BCUT2D eigenvalue weighted by Gasteiger charge is 2.16. The Hall–Kier alpha value is -2.32. The summed E-state index contributed by atoms with van der Waals surface area (Å²) in [6.45, 7) is 6.42. The van der Waals surface area contributed by atoms with Gasteiger partial charge in [0, 0.05) is 29.7 Å². The number of rotatable bonds is 8. The molecule has 0 saturated carbocycles. The van der Waals surface area contributed by atoms with Crippen LogP contribution in [0.25, 0.3) is 11.3 Å². The number of thiazole rings is 1. The molecule has 0 spiro atoms. The Balaban J connectivity index is 1.98. The van der Waals surface area contributed by atoms with Crippen LogP contribution in [0.15, 0.2) is 29.6 Å². The monoisotopic (exact) mass is 363 g/mol. The molecule has 0 aliphatic heterocycles. The van der Waals surface area contributed by atoms with Crippen LogP contribution >= 0.6 is 11.3 Å². The molecule has 2 aromatic rings. The normalized spacial score (nSPS) is 12.2. The van der Waals surface area contributed by atoms with Crippen LogP contribution in [0.4, 0.5) is 10.8 Å². The predicted molar refractivity (Wildman–Crippen MR) is 97.7 cm³/mol. The van der Waals surface area contributed by atoms with E-state index < -0.39 is 11.0 Å². The fourth-order valence-corrected chi connectivity index (χ4v) is 2.73. The number of amides is 1. The van der Waals surface area contributed by atoms with Gasteiger partial charge in [-0.3, -0.25) is 20.2 Å². The lowest BCUT2D eigenvalue weighted by molar-refractivity contribution is -0.384. The van der Waals surface area contributed by atoms with E-state index in [0.29, 0.717) is 28.9 Å². The summed E-state index contributed by atoms with van der Waals surface area (Å²) in [5, 5.41) is 15.8. The first-order valence-electron chi connectivity index (χ1n) is 7.99. The van der Waals surface area contributed by atoms with Gasteiger partial charge >= 0.3 is 0 Å². The maximum Gasteiger partial charge on any atom is 0.270 e. The quantitative estimate of drug-likeness (QED) is 0.562. The second kappa shape index (κ2) is 8.68. The van der Waals surface area contributed by atoms with Crippen LogP contribution in [0.3, 0.4) is 0 Å². The molecule has 1 aromatic carbocycles. The molecular formula is C17H21N3O4S.